The van der Waals surface area contributed by atoms with Gasteiger partial charge in [0.25, 0.3) is 0 Å². The number of nitrogens with zero attached hydrogens (tertiary/aromatic N) is 8. The van der Waals surface area contributed by atoms with Crippen LogP contribution in [0.3, 0.4) is 0 Å². The minimum atomic E-state index is 0.991. The first-order valence-electron chi connectivity index (χ1n) is 20.6. The van der Waals surface area contributed by atoms with Crippen molar-refractivity contribution in [3.8, 4) is 63.4 Å². The highest BCUT2D eigenvalue weighted by atomic mass is 32.1. The van der Waals surface area contributed by atoms with Gasteiger partial charge in [-0.15, -0.1) is 90.7 Å². The summed E-state index contributed by atoms with van der Waals surface area (Å²) in [5, 5.41) is 6.01. The van der Waals surface area contributed by atoms with Crippen molar-refractivity contribution in [2.75, 3.05) is 0 Å². The van der Waals surface area contributed by atoms with E-state index in [1.54, 1.807) is 90.7 Å². The van der Waals surface area contributed by atoms with Crippen molar-refractivity contribution in [2.24, 2.45) is 0 Å². The number of hydrogen-bond acceptors (Lipinski definition) is 16. The highest BCUT2D eigenvalue weighted by molar-refractivity contribution is 7.24. The average Bonchev–Trinajstić information content (AvgIpc) is 4.21. The van der Waals surface area contributed by atoms with Crippen LogP contribution in [0, 0.1) is 0 Å². The molecule has 0 aliphatic rings. The van der Waals surface area contributed by atoms with Gasteiger partial charge in [0.2, 0.25) is 0 Å². The maximum absolute atomic E-state index is 5.08. The summed E-state index contributed by atoms with van der Waals surface area (Å²) in [5.41, 5.74) is 18.4. The Balaban J connectivity index is 0.651. The summed E-state index contributed by atoms with van der Waals surface area (Å²) in [6.07, 6.45) is 0. The maximum Gasteiger partial charge on any atom is 0.124 e. The smallest absolute Gasteiger partial charge is 0.124 e. The van der Waals surface area contributed by atoms with Crippen LogP contribution in [0.25, 0.3) is 145 Å². The third-order valence-corrected chi connectivity index (χ3v) is 19.6. The lowest BCUT2D eigenvalue weighted by Crippen LogP contribution is -1.79. The standard InChI is InChI=1S/C50H22N8S8/c1-5-25(6-2-23(1)45-53-31-15-37-29(51-21-59-37)13-39(31)61-45)47-55-33-17-43-35(19-41(33)63-47)57-49(65-43)27-9-11-28(12-10-27)50-58-36-20-42-34(18-44(36)66-50)56-48(64-42)26-7-3-24(4-8-26)46-54-32-16-38-30(52-22-60-38)14-40(32)62-46/h1-22H. The molecule has 15 rings (SSSR count). The molecular weight excluding hydrogens is 969 g/mol. The Hall–Kier alpha value is -6.34. The third kappa shape index (κ3) is 6.28. The van der Waals surface area contributed by atoms with Crippen molar-refractivity contribution in [1.82, 2.24) is 39.9 Å². The van der Waals surface area contributed by atoms with Crippen LogP contribution >= 0.6 is 90.7 Å². The predicted molar refractivity (Wildman–Crippen MR) is 284 cm³/mol. The van der Waals surface area contributed by atoms with Gasteiger partial charge in [0.1, 0.15) is 30.0 Å². The van der Waals surface area contributed by atoms with Crippen molar-refractivity contribution >= 4 is 172 Å². The molecule has 0 bridgehead atoms. The SMILES string of the molecule is c1nc2cc3sc(-c4ccc(-c5nc6cc7sc(-c8ccc(-c9nc%10cc%11sc(-c%12ccc(-c%13nc%14cc%15scnc%15cc%14s%13)cc%12)nc%11cc%10s9)cc8)nc7cc6s5)cc4)nc3cc2s1. The summed E-state index contributed by atoms with van der Waals surface area (Å²) >= 11 is 13.5. The number of rotatable bonds is 6. The van der Waals surface area contributed by atoms with E-state index in [0.29, 0.717) is 0 Å². The molecule has 8 nitrogen and oxygen atoms in total. The molecule has 0 amide bonds. The van der Waals surface area contributed by atoms with Crippen LogP contribution in [0.15, 0.2) is 132 Å². The molecule has 0 fully saturated rings. The molecule has 0 aliphatic heterocycles. The zero-order valence-corrected chi connectivity index (χ0v) is 40.1. The summed E-state index contributed by atoms with van der Waals surface area (Å²) in [6.45, 7) is 0. The van der Waals surface area contributed by atoms with Crippen LogP contribution in [0.1, 0.15) is 0 Å². The molecule has 0 aliphatic carbocycles. The molecule has 8 aromatic heterocycles. The molecule has 310 valence electrons. The Morgan fingerprint density at radius 3 is 0.652 bits per heavy atom. The number of aromatic nitrogens is 8. The minimum Gasteiger partial charge on any atom is -0.245 e. The molecule has 16 heteroatoms. The van der Waals surface area contributed by atoms with Gasteiger partial charge >= 0.3 is 0 Å². The first-order chi connectivity index (χ1) is 32.5. The second-order valence-electron chi connectivity index (χ2n) is 15.7. The van der Waals surface area contributed by atoms with Gasteiger partial charge in [-0.3, -0.25) is 0 Å². The summed E-state index contributed by atoms with van der Waals surface area (Å²) in [5.74, 6) is 0. The highest BCUT2D eigenvalue weighted by Gasteiger charge is 2.17. The number of benzene rings is 7. The van der Waals surface area contributed by atoms with Crippen molar-refractivity contribution in [3.63, 3.8) is 0 Å². The minimum absolute atomic E-state index is 0.991. The van der Waals surface area contributed by atoms with Crippen molar-refractivity contribution in [1.29, 1.82) is 0 Å². The molecule has 0 saturated heterocycles. The lowest BCUT2D eigenvalue weighted by molar-refractivity contribution is 1.45. The van der Waals surface area contributed by atoms with E-state index in [-0.39, 0.29) is 0 Å². The van der Waals surface area contributed by atoms with E-state index in [4.69, 9.17) is 29.9 Å². The van der Waals surface area contributed by atoms with Gasteiger partial charge in [-0.1, -0.05) is 72.8 Å². The molecule has 0 radical (unpaired) electrons. The average molecular weight is 991 g/mol. The fourth-order valence-electron chi connectivity index (χ4n) is 8.26. The number of fused-ring (bicyclic) bond motifs is 8. The van der Waals surface area contributed by atoms with E-state index in [1.807, 2.05) is 11.0 Å². The lowest BCUT2D eigenvalue weighted by Gasteiger charge is -1.99. The van der Waals surface area contributed by atoms with Gasteiger partial charge in [-0.2, -0.15) is 0 Å². The molecule has 8 heterocycles. The van der Waals surface area contributed by atoms with Crippen LogP contribution in [0.4, 0.5) is 0 Å². The Kier molecular flexibility index (Phi) is 8.36. The van der Waals surface area contributed by atoms with E-state index >= 15 is 0 Å². The number of thiazole rings is 8. The third-order valence-electron chi connectivity index (χ3n) is 11.6. The lowest BCUT2D eigenvalue weighted by atomic mass is 10.1. The van der Waals surface area contributed by atoms with E-state index < -0.39 is 0 Å². The van der Waals surface area contributed by atoms with Gasteiger partial charge < -0.3 is 0 Å². The normalized spacial score (nSPS) is 12.2. The van der Waals surface area contributed by atoms with Gasteiger partial charge in [0.15, 0.2) is 0 Å². The molecule has 15 aromatic rings. The predicted octanol–water partition coefficient (Wildman–Crippen LogP) is 16.6. The fourth-order valence-corrected chi connectivity index (χ4v) is 15.6. The molecule has 66 heavy (non-hydrogen) atoms. The van der Waals surface area contributed by atoms with Crippen LogP contribution in [0.2, 0.25) is 0 Å². The van der Waals surface area contributed by atoms with Crippen LogP contribution in [0.5, 0.6) is 0 Å². The second-order valence-corrected chi connectivity index (χ2v) is 23.7. The monoisotopic (exact) mass is 990 g/mol. The van der Waals surface area contributed by atoms with Crippen molar-refractivity contribution in [2.45, 2.75) is 0 Å². The van der Waals surface area contributed by atoms with Crippen molar-refractivity contribution < 1.29 is 0 Å². The Morgan fingerprint density at radius 2 is 0.424 bits per heavy atom. The first-order valence-corrected chi connectivity index (χ1v) is 27.2. The summed E-state index contributed by atoms with van der Waals surface area (Å²) < 4.78 is 9.16. The van der Waals surface area contributed by atoms with E-state index in [2.05, 4.69) is 131 Å². The van der Waals surface area contributed by atoms with Crippen molar-refractivity contribution in [3.05, 3.63) is 132 Å². The zero-order chi connectivity index (χ0) is 43.0. The quantitative estimate of drug-likeness (QED) is 0.162. The number of hydrogen-bond donors (Lipinski definition) is 0. The molecule has 7 aromatic carbocycles. The van der Waals surface area contributed by atoms with E-state index in [9.17, 15) is 0 Å². The summed E-state index contributed by atoms with van der Waals surface area (Å²) in [4.78, 5) is 39.1. The van der Waals surface area contributed by atoms with Gasteiger partial charge in [0, 0.05) is 33.4 Å². The Labute approximate surface area is 404 Å². The molecule has 0 saturated carbocycles. The van der Waals surface area contributed by atoms with Crippen LogP contribution < -0.4 is 0 Å². The molecule has 0 atom stereocenters. The second kappa shape index (κ2) is 14.6. The molecule has 0 unspecified atom stereocenters. The summed E-state index contributed by atoms with van der Waals surface area (Å²) in [6, 6.07) is 43.1. The van der Waals surface area contributed by atoms with E-state index in [1.165, 1.54) is 9.40 Å². The Morgan fingerprint density at radius 1 is 0.227 bits per heavy atom. The zero-order valence-electron chi connectivity index (χ0n) is 33.5. The van der Waals surface area contributed by atoms with Gasteiger partial charge in [-0.25, -0.2) is 39.9 Å². The fraction of sp³-hybridized carbons (Fsp3) is 0. The van der Waals surface area contributed by atoms with E-state index in [0.717, 1.165) is 136 Å². The Bertz CT molecular complexity index is 3930. The maximum atomic E-state index is 5.08. The van der Waals surface area contributed by atoms with Crippen LogP contribution in [-0.4, -0.2) is 39.9 Å². The molecule has 0 N–H and O–H groups in total. The largest absolute Gasteiger partial charge is 0.245 e. The van der Waals surface area contributed by atoms with Crippen LogP contribution in [-0.2, 0) is 0 Å². The molecular formula is C50H22N8S8. The van der Waals surface area contributed by atoms with Gasteiger partial charge in [-0.05, 0) is 48.5 Å². The topological polar surface area (TPSA) is 103 Å². The summed E-state index contributed by atoms with van der Waals surface area (Å²) in [7, 11) is 0. The first kappa shape index (κ1) is 37.8. The molecule has 0 spiro atoms. The van der Waals surface area contributed by atoms with Gasteiger partial charge in [0.05, 0.1) is 92.8 Å². The highest BCUT2D eigenvalue weighted by Crippen LogP contribution is 2.42.